The fourth-order valence-corrected chi connectivity index (χ4v) is 2.85. The van der Waals surface area contributed by atoms with Crippen LogP contribution in [0.3, 0.4) is 0 Å². The number of methoxy groups -OCH3 is 1. The van der Waals surface area contributed by atoms with Gasteiger partial charge in [0.1, 0.15) is 5.75 Å². The number of carbonyl (C=O) groups excluding carboxylic acids is 1. The van der Waals surface area contributed by atoms with E-state index < -0.39 is 0 Å². The van der Waals surface area contributed by atoms with Crippen molar-refractivity contribution >= 4 is 40.1 Å². The fourth-order valence-electron chi connectivity index (χ4n) is 2.25. The van der Waals surface area contributed by atoms with Gasteiger partial charge in [-0.05, 0) is 54.5 Å². The van der Waals surface area contributed by atoms with Crippen molar-refractivity contribution in [3.63, 3.8) is 0 Å². The van der Waals surface area contributed by atoms with Crippen LogP contribution in [-0.2, 0) is 4.74 Å². The Hall–Kier alpha value is -0.530. The van der Waals surface area contributed by atoms with Gasteiger partial charge in [0.25, 0.3) is 5.91 Å². The largest absolute Gasteiger partial charge is 0.496 e. The molecule has 110 valence electrons. The van der Waals surface area contributed by atoms with Crippen molar-refractivity contribution in [2.75, 3.05) is 13.7 Å². The lowest BCUT2D eigenvalue weighted by atomic mass is 10.1. The van der Waals surface area contributed by atoms with Gasteiger partial charge in [0.15, 0.2) is 0 Å². The summed E-state index contributed by atoms with van der Waals surface area (Å²) in [7, 11) is 1.54. The average molecular weight is 410 g/mol. The maximum Gasteiger partial charge on any atom is 0.255 e. The van der Waals surface area contributed by atoms with E-state index in [4.69, 9.17) is 21.1 Å². The zero-order valence-corrected chi connectivity index (χ0v) is 14.3. The lowest BCUT2D eigenvalue weighted by molar-refractivity contribution is 0.0710. The summed E-state index contributed by atoms with van der Waals surface area (Å²) in [6.07, 6.45) is 2.11. The number of carbonyl (C=O) groups is 1. The summed E-state index contributed by atoms with van der Waals surface area (Å²) in [5, 5.41) is 3.50. The third-order valence-corrected chi connectivity index (χ3v) is 4.89. The highest BCUT2D eigenvalue weighted by molar-refractivity contribution is 14.1. The minimum atomic E-state index is -0.192. The number of halogens is 2. The van der Waals surface area contributed by atoms with Crippen LogP contribution in [0.25, 0.3) is 0 Å². The maximum atomic E-state index is 12.3. The average Bonchev–Trinajstić information content (AvgIpc) is 2.95. The van der Waals surface area contributed by atoms with Crippen LogP contribution in [0.1, 0.15) is 30.1 Å². The third kappa shape index (κ3) is 3.56. The van der Waals surface area contributed by atoms with Gasteiger partial charge in [-0.15, -0.1) is 0 Å². The topological polar surface area (TPSA) is 47.6 Å². The van der Waals surface area contributed by atoms with Crippen molar-refractivity contribution in [1.29, 1.82) is 0 Å². The van der Waals surface area contributed by atoms with Gasteiger partial charge in [-0.3, -0.25) is 4.79 Å². The van der Waals surface area contributed by atoms with Crippen LogP contribution >= 0.6 is 34.2 Å². The highest BCUT2D eigenvalue weighted by Crippen LogP contribution is 2.28. The molecule has 2 atom stereocenters. The van der Waals surface area contributed by atoms with Crippen molar-refractivity contribution in [2.24, 2.45) is 0 Å². The van der Waals surface area contributed by atoms with Gasteiger partial charge < -0.3 is 14.8 Å². The van der Waals surface area contributed by atoms with Crippen LogP contribution in [0.4, 0.5) is 0 Å². The fraction of sp³-hybridized carbons (Fsp3) is 0.500. The highest BCUT2D eigenvalue weighted by Gasteiger charge is 2.25. The molecular weight excluding hydrogens is 393 g/mol. The SMILES string of the molecule is COc1cc(I)c(Cl)cc1C(=O)N[C@@H](C)[C@@H]1CCCO1. The van der Waals surface area contributed by atoms with Gasteiger partial charge in [0, 0.05) is 10.2 Å². The van der Waals surface area contributed by atoms with Crippen LogP contribution in [0.15, 0.2) is 12.1 Å². The Balaban J connectivity index is 2.14. The Bertz CT molecular complexity index is 503. The van der Waals surface area contributed by atoms with Crippen LogP contribution in [-0.4, -0.2) is 31.8 Å². The van der Waals surface area contributed by atoms with E-state index in [1.54, 1.807) is 19.2 Å². The van der Waals surface area contributed by atoms with Crippen molar-refractivity contribution in [1.82, 2.24) is 5.32 Å². The number of amides is 1. The molecule has 1 aliphatic heterocycles. The molecule has 0 radical (unpaired) electrons. The number of hydrogen-bond donors (Lipinski definition) is 1. The van der Waals surface area contributed by atoms with E-state index in [-0.39, 0.29) is 18.1 Å². The number of ether oxygens (including phenoxy) is 2. The molecule has 0 aliphatic carbocycles. The molecule has 0 bridgehead atoms. The van der Waals surface area contributed by atoms with Crippen molar-refractivity contribution in [3.8, 4) is 5.75 Å². The molecule has 6 heteroatoms. The quantitative estimate of drug-likeness (QED) is 0.777. The molecule has 1 heterocycles. The van der Waals surface area contributed by atoms with E-state index >= 15 is 0 Å². The summed E-state index contributed by atoms with van der Waals surface area (Å²) in [6, 6.07) is 3.36. The van der Waals surface area contributed by atoms with E-state index in [9.17, 15) is 4.79 Å². The standard InChI is InChI=1S/C14H17ClINO3/c1-8(12-4-3-5-20-12)17-14(18)9-6-10(15)11(16)7-13(9)19-2/h6-8,12H,3-5H2,1-2H3,(H,17,18)/t8-,12-/m0/s1. The van der Waals surface area contributed by atoms with Crippen molar-refractivity contribution in [3.05, 3.63) is 26.3 Å². The predicted molar refractivity (Wildman–Crippen MR) is 86.6 cm³/mol. The predicted octanol–water partition coefficient (Wildman–Crippen LogP) is 3.25. The second kappa shape index (κ2) is 6.95. The van der Waals surface area contributed by atoms with E-state index in [1.165, 1.54) is 0 Å². The van der Waals surface area contributed by atoms with Gasteiger partial charge >= 0.3 is 0 Å². The van der Waals surface area contributed by atoms with Crippen LogP contribution < -0.4 is 10.1 Å². The summed E-state index contributed by atoms with van der Waals surface area (Å²) in [5.41, 5.74) is 0.447. The van der Waals surface area contributed by atoms with Gasteiger partial charge in [0.2, 0.25) is 0 Å². The molecule has 1 aliphatic rings. The van der Waals surface area contributed by atoms with Crippen molar-refractivity contribution in [2.45, 2.75) is 31.9 Å². The molecule has 0 saturated carbocycles. The molecule has 1 fully saturated rings. The van der Waals surface area contributed by atoms with Crippen LogP contribution in [0.2, 0.25) is 5.02 Å². The first-order valence-electron chi connectivity index (χ1n) is 6.48. The molecule has 20 heavy (non-hydrogen) atoms. The lowest BCUT2D eigenvalue weighted by Crippen LogP contribution is -2.40. The summed E-state index contributed by atoms with van der Waals surface area (Å²) in [5.74, 6) is 0.332. The first-order valence-corrected chi connectivity index (χ1v) is 7.94. The summed E-state index contributed by atoms with van der Waals surface area (Å²) in [4.78, 5) is 12.3. The molecule has 2 rings (SSSR count). The number of hydrogen-bond acceptors (Lipinski definition) is 3. The second-order valence-electron chi connectivity index (χ2n) is 4.78. The normalized spacial score (nSPS) is 19.7. The van der Waals surface area contributed by atoms with Gasteiger partial charge in [-0.25, -0.2) is 0 Å². The van der Waals surface area contributed by atoms with Crippen LogP contribution in [0, 0.1) is 3.57 Å². The molecule has 1 saturated heterocycles. The van der Waals surface area contributed by atoms with E-state index in [0.717, 1.165) is 23.0 Å². The Morgan fingerprint density at radius 2 is 2.35 bits per heavy atom. The first kappa shape index (κ1) is 15.9. The van der Waals surface area contributed by atoms with Gasteiger partial charge in [-0.2, -0.15) is 0 Å². The zero-order chi connectivity index (χ0) is 14.7. The second-order valence-corrected chi connectivity index (χ2v) is 6.35. The molecule has 0 aromatic heterocycles. The number of rotatable bonds is 4. The molecular formula is C14H17ClINO3. The molecule has 1 amide bonds. The van der Waals surface area contributed by atoms with Crippen LogP contribution in [0.5, 0.6) is 5.75 Å². The Labute approximate surface area is 137 Å². The smallest absolute Gasteiger partial charge is 0.255 e. The molecule has 4 nitrogen and oxygen atoms in total. The van der Waals surface area contributed by atoms with Gasteiger partial charge in [0.05, 0.1) is 29.8 Å². The monoisotopic (exact) mass is 409 g/mol. The molecule has 1 aromatic rings. The maximum absolute atomic E-state index is 12.3. The van der Waals surface area contributed by atoms with E-state index in [2.05, 4.69) is 27.9 Å². The summed E-state index contributed by atoms with van der Waals surface area (Å²) in [6.45, 7) is 2.72. The number of benzene rings is 1. The Morgan fingerprint density at radius 3 is 2.95 bits per heavy atom. The number of nitrogens with one attached hydrogen (secondary N) is 1. The van der Waals surface area contributed by atoms with Gasteiger partial charge in [-0.1, -0.05) is 11.6 Å². The van der Waals surface area contributed by atoms with E-state index in [1.807, 2.05) is 6.92 Å². The molecule has 0 spiro atoms. The third-order valence-electron chi connectivity index (χ3n) is 3.37. The summed E-state index contributed by atoms with van der Waals surface area (Å²) >= 11 is 8.19. The molecule has 1 N–H and O–H groups in total. The lowest BCUT2D eigenvalue weighted by Gasteiger charge is -2.20. The Kier molecular flexibility index (Phi) is 5.51. The minimum Gasteiger partial charge on any atom is -0.496 e. The summed E-state index contributed by atoms with van der Waals surface area (Å²) < 4.78 is 11.7. The molecule has 1 aromatic carbocycles. The minimum absolute atomic E-state index is 0.0345. The highest BCUT2D eigenvalue weighted by atomic mass is 127. The molecule has 0 unspecified atom stereocenters. The zero-order valence-electron chi connectivity index (χ0n) is 11.4. The Morgan fingerprint density at radius 1 is 1.60 bits per heavy atom. The first-order chi connectivity index (χ1) is 9.52. The van der Waals surface area contributed by atoms with Crippen molar-refractivity contribution < 1.29 is 14.3 Å². The van der Waals surface area contributed by atoms with E-state index in [0.29, 0.717) is 16.3 Å².